The van der Waals surface area contributed by atoms with E-state index < -0.39 is 5.60 Å². The molecule has 0 aromatic carbocycles. The average Bonchev–Trinajstić information content (AvgIpc) is 2.75. The molecule has 0 bridgehead atoms. The summed E-state index contributed by atoms with van der Waals surface area (Å²) >= 11 is 0. The second-order valence-electron chi connectivity index (χ2n) is 6.05. The summed E-state index contributed by atoms with van der Waals surface area (Å²) in [6, 6.07) is 0. The minimum absolute atomic E-state index is 0.459. The fraction of sp³-hybridized carbons (Fsp3) is 0.643. The van der Waals surface area contributed by atoms with Gasteiger partial charge in [-0.05, 0) is 25.7 Å². The van der Waals surface area contributed by atoms with E-state index in [2.05, 4.69) is 34.2 Å². The largest absolute Gasteiger partial charge is 0.388 e. The standard InChI is InChI=1S/C14H23N5O/c1-10(2)5-6-14(3,20)8-15-12-11-7-19(4)18-13(11)17-9-16-12/h7,9-10,20H,5-6,8H2,1-4H3,(H,15,16,17,18). The minimum atomic E-state index is -0.746. The summed E-state index contributed by atoms with van der Waals surface area (Å²) in [5, 5.41) is 18.7. The molecule has 0 aliphatic heterocycles. The number of aryl methyl sites for hydroxylation is 1. The second-order valence-corrected chi connectivity index (χ2v) is 6.05. The van der Waals surface area contributed by atoms with Gasteiger partial charge in [0.25, 0.3) is 0 Å². The lowest BCUT2D eigenvalue weighted by molar-refractivity contribution is 0.0586. The van der Waals surface area contributed by atoms with Gasteiger partial charge in [-0.1, -0.05) is 13.8 Å². The molecule has 0 amide bonds. The molecule has 1 atom stereocenters. The number of fused-ring (bicyclic) bond motifs is 1. The third-order valence-corrected chi connectivity index (χ3v) is 3.33. The third-order valence-electron chi connectivity index (χ3n) is 3.33. The summed E-state index contributed by atoms with van der Waals surface area (Å²) in [5.74, 6) is 1.30. The average molecular weight is 277 g/mol. The van der Waals surface area contributed by atoms with Crippen molar-refractivity contribution in [2.75, 3.05) is 11.9 Å². The van der Waals surface area contributed by atoms with Gasteiger partial charge in [-0.2, -0.15) is 5.10 Å². The lowest BCUT2D eigenvalue weighted by Gasteiger charge is -2.24. The maximum atomic E-state index is 10.4. The van der Waals surface area contributed by atoms with Crippen LogP contribution in [0, 0.1) is 5.92 Å². The van der Waals surface area contributed by atoms with Gasteiger partial charge in [-0.3, -0.25) is 4.68 Å². The molecule has 0 aliphatic carbocycles. The van der Waals surface area contributed by atoms with Crippen molar-refractivity contribution in [1.82, 2.24) is 19.7 Å². The molecule has 110 valence electrons. The molecular weight excluding hydrogens is 254 g/mol. The van der Waals surface area contributed by atoms with E-state index in [0.29, 0.717) is 23.9 Å². The van der Waals surface area contributed by atoms with E-state index in [0.717, 1.165) is 18.2 Å². The Morgan fingerprint density at radius 1 is 1.40 bits per heavy atom. The number of nitrogens with zero attached hydrogens (tertiary/aromatic N) is 4. The lowest BCUT2D eigenvalue weighted by atomic mass is 9.95. The van der Waals surface area contributed by atoms with Crippen LogP contribution in [0.4, 0.5) is 5.82 Å². The van der Waals surface area contributed by atoms with Crippen molar-refractivity contribution in [2.45, 2.75) is 39.2 Å². The molecule has 6 heteroatoms. The number of hydrogen-bond donors (Lipinski definition) is 2. The summed E-state index contributed by atoms with van der Waals surface area (Å²) in [5.41, 5.74) is -0.0872. The first-order valence-corrected chi connectivity index (χ1v) is 6.98. The Kier molecular flexibility index (Phi) is 4.23. The number of hydrogen-bond acceptors (Lipinski definition) is 5. The number of rotatable bonds is 6. The van der Waals surface area contributed by atoms with E-state index in [1.165, 1.54) is 6.33 Å². The zero-order valence-electron chi connectivity index (χ0n) is 12.6. The fourth-order valence-electron chi connectivity index (χ4n) is 2.05. The summed E-state index contributed by atoms with van der Waals surface area (Å²) in [7, 11) is 1.85. The quantitative estimate of drug-likeness (QED) is 0.844. The van der Waals surface area contributed by atoms with Crippen molar-refractivity contribution in [3.63, 3.8) is 0 Å². The van der Waals surface area contributed by atoms with Crippen LogP contribution in [0.25, 0.3) is 11.0 Å². The predicted molar refractivity (Wildman–Crippen MR) is 79.5 cm³/mol. The molecule has 0 fully saturated rings. The zero-order valence-corrected chi connectivity index (χ0v) is 12.6. The van der Waals surface area contributed by atoms with Crippen molar-refractivity contribution in [1.29, 1.82) is 0 Å². The molecule has 20 heavy (non-hydrogen) atoms. The minimum Gasteiger partial charge on any atom is -0.388 e. The van der Waals surface area contributed by atoms with Crippen LogP contribution in [0.3, 0.4) is 0 Å². The lowest BCUT2D eigenvalue weighted by Crippen LogP contribution is -2.34. The Hall–Kier alpha value is -1.69. The van der Waals surface area contributed by atoms with E-state index in [4.69, 9.17) is 0 Å². The van der Waals surface area contributed by atoms with Crippen molar-refractivity contribution < 1.29 is 5.11 Å². The smallest absolute Gasteiger partial charge is 0.186 e. The van der Waals surface area contributed by atoms with Gasteiger partial charge in [0.05, 0.1) is 11.0 Å². The molecule has 6 nitrogen and oxygen atoms in total. The molecule has 0 saturated heterocycles. The highest BCUT2D eigenvalue weighted by atomic mass is 16.3. The first-order valence-electron chi connectivity index (χ1n) is 6.98. The number of aromatic nitrogens is 4. The SMILES string of the molecule is CC(C)CCC(C)(O)CNc1ncnc2nn(C)cc12. The van der Waals surface area contributed by atoms with Gasteiger partial charge in [-0.25, -0.2) is 9.97 Å². The molecule has 0 radical (unpaired) electrons. The van der Waals surface area contributed by atoms with E-state index in [-0.39, 0.29) is 0 Å². The van der Waals surface area contributed by atoms with Crippen LogP contribution in [0.15, 0.2) is 12.5 Å². The van der Waals surface area contributed by atoms with Crippen molar-refractivity contribution in [3.8, 4) is 0 Å². The molecule has 2 aromatic rings. The number of aliphatic hydroxyl groups is 1. The molecule has 2 N–H and O–H groups in total. The second kappa shape index (κ2) is 5.75. The third kappa shape index (κ3) is 3.66. The maximum Gasteiger partial charge on any atom is 0.186 e. The summed E-state index contributed by atoms with van der Waals surface area (Å²) < 4.78 is 1.71. The van der Waals surface area contributed by atoms with Gasteiger partial charge in [0.15, 0.2) is 5.65 Å². The van der Waals surface area contributed by atoms with Crippen LogP contribution < -0.4 is 5.32 Å². The van der Waals surface area contributed by atoms with Crippen molar-refractivity contribution in [2.24, 2.45) is 13.0 Å². The Morgan fingerprint density at radius 3 is 2.85 bits per heavy atom. The first kappa shape index (κ1) is 14.7. The van der Waals surface area contributed by atoms with Crippen LogP contribution in [-0.4, -0.2) is 37.0 Å². The van der Waals surface area contributed by atoms with Crippen molar-refractivity contribution in [3.05, 3.63) is 12.5 Å². The van der Waals surface area contributed by atoms with Crippen LogP contribution in [0.1, 0.15) is 33.6 Å². The molecule has 2 rings (SSSR count). The van der Waals surface area contributed by atoms with Crippen LogP contribution in [-0.2, 0) is 7.05 Å². The molecule has 1 unspecified atom stereocenters. The van der Waals surface area contributed by atoms with Gasteiger partial charge in [0.2, 0.25) is 0 Å². The molecular formula is C14H23N5O. The van der Waals surface area contributed by atoms with Crippen molar-refractivity contribution >= 4 is 16.9 Å². The number of anilines is 1. The molecule has 2 heterocycles. The van der Waals surface area contributed by atoms with Gasteiger partial charge in [-0.15, -0.1) is 0 Å². The topological polar surface area (TPSA) is 75.9 Å². The Bertz CT molecular complexity index is 576. The number of nitrogens with one attached hydrogen (secondary N) is 1. The molecule has 0 saturated carbocycles. The first-order chi connectivity index (χ1) is 9.37. The van der Waals surface area contributed by atoms with E-state index in [1.807, 2.05) is 20.2 Å². The van der Waals surface area contributed by atoms with Gasteiger partial charge < -0.3 is 10.4 Å². The Labute approximate surface area is 119 Å². The highest BCUT2D eigenvalue weighted by Crippen LogP contribution is 2.20. The monoisotopic (exact) mass is 277 g/mol. The van der Waals surface area contributed by atoms with Gasteiger partial charge in [0.1, 0.15) is 12.1 Å². The highest BCUT2D eigenvalue weighted by Gasteiger charge is 2.21. The Morgan fingerprint density at radius 2 is 2.15 bits per heavy atom. The summed E-state index contributed by atoms with van der Waals surface area (Å²) in [6.45, 7) is 6.63. The van der Waals surface area contributed by atoms with Gasteiger partial charge >= 0.3 is 0 Å². The normalized spacial score (nSPS) is 14.7. The molecule has 0 spiro atoms. The van der Waals surface area contributed by atoms with Gasteiger partial charge in [0, 0.05) is 19.8 Å². The fourth-order valence-corrected chi connectivity index (χ4v) is 2.05. The van der Waals surface area contributed by atoms with Crippen LogP contribution in [0.5, 0.6) is 0 Å². The maximum absolute atomic E-state index is 10.4. The van der Waals surface area contributed by atoms with Crippen LogP contribution in [0.2, 0.25) is 0 Å². The Balaban J connectivity index is 2.05. The van der Waals surface area contributed by atoms with E-state index >= 15 is 0 Å². The predicted octanol–water partition coefficient (Wildman–Crippen LogP) is 1.96. The molecule has 2 aromatic heterocycles. The van der Waals surface area contributed by atoms with E-state index in [1.54, 1.807) is 4.68 Å². The van der Waals surface area contributed by atoms with Crippen LogP contribution >= 0.6 is 0 Å². The molecule has 0 aliphatic rings. The van der Waals surface area contributed by atoms with E-state index in [9.17, 15) is 5.11 Å². The zero-order chi connectivity index (χ0) is 14.8. The highest BCUT2D eigenvalue weighted by molar-refractivity contribution is 5.85. The summed E-state index contributed by atoms with van der Waals surface area (Å²) in [4.78, 5) is 8.35. The summed E-state index contributed by atoms with van der Waals surface area (Å²) in [6.07, 6.45) is 5.13.